The number of nitrogens with one attached hydrogen (secondary N) is 2. The SMILES string of the molecule is Cl.O=C(COc1ccccc1OCc1ccccc1)N[C@H]1CCCNC1. The van der Waals surface area contributed by atoms with Gasteiger partial charge in [-0.2, -0.15) is 0 Å². The van der Waals surface area contributed by atoms with Crippen LogP contribution in [0.15, 0.2) is 54.6 Å². The van der Waals surface area contributed by atoms with Gasteiger partial charge in [-0.15, -0.1) is 12.4 Å². The Morgan fingerprint density at radius 2 is 1.73 bits per heavy atom. The number of carbonyl (C=O) groups is 1. The topological polar surface area (TPSA) is 59.6 Å². The Morgan fingerprint density at radius 3 is 2.42 bits per heavy atom. The van der Waals surface area contributed by atoms with Crippen molar-refractivity contribution in [1.82, 2.24) is 10.6 Å². The summed E-state index contributed by atoms with van der Waals surface area (Å²) < 4.78 is 11.5. The van der Waals surface area contributed by atoms with Crippen LogP contribution in [0.2, 0.25) is 0 Å². The van der Waals surface area contributed by atoms with Crippen molar-refractivity contribution in [1.29, 1.82) is 0 Å². The molecule has 6 heteroatoms. The standard InChI is InChI=1S/C20H24N2O3.ClH/c23-20(22-17-9-6-12-21-13-17)15-25-19-11-5-4-10-18(19)24-14-16-7-2-1-3-8-16;/h1-5,7-8,10-11,17,21H,6,9,12-15H2,(H,22,23);1H/t17-;/m0./s1. The number of amides is 1. The Morgan fingerprint density at radius 1 is 1.04 bits per heavy atom. The van der Waals surface area contributed by atoms with E-state index in [1.165, 1.54) is 0 Å². The predicted octanol–water partition coefficient (Wildman–Crippen LogP) is 2.93. The first-order chi connectivity index (χ1) is 12.3. The van der Waals surface area contributed by atoms with Crippen molar-refractivity contribution in [3.05, 3.63) is 60.2 Å². The average Bonchev–Trinajstić information content (AvgIpc) is 2.67. The van der Waals surface area contributed by atoms with Gasteiger partial charge < -0.3 is 20.1 Å². The maximum absolute atomic E-state index is 12.1. The molecule has 0 radical (unpaired) electrons. The number of rotatable bonds is 7. The molecule has 1 saturated heterocycles. The van der Waals surface area contributed by atoms with Gasteiger partial charge >= 0.3 is 0 Å². The Hall–Kier alpha value is -2.24. The van der Waals surface area contributed by atoms with Crippen LogP contribution in [-0.4, -0.2) is 31.6 Å². The summed E-state index contributed by atoms with van der Waals surface area (Å²) in [4.78, 5) is 12.1. The highest BCUT2D eigenvalue weighted by Gasteiger charge is 2.16. The number of para-hydroxylation sites is 2. The van der Waals surface area contributed by atoms with E-state index in [1.54, 1.807) is 0 Å². The molecule has 26 heavy (non-hydrogen) atoms. The van der Waals surface area contributed by atoms with Crippen molar-refractivity contribution >= 4 is 18.3 Å². The molecule has 1 aliphatic heterocycles. The lowest BCUT2D eigenvalue weighted by Gasteiger charge is -2.23. The molecule has 0 aromatic heterocycles. The first-order valence-corrected chi connectivity index (χ1v) is 8.70. The zero-order valence-electron chi connectivity index (χ0n) is 14.6. The predicted molar refractivity (Wildman–Crippen MR) is 104 cm³/mol. The fourth-order valence-corrected chi connectivity index (χ4v) is 2.81. The van der Waals surface area contributed by atoms with Crippen molar-refractivity contribution in [2.45, 2.75) is 25.5 Å². The zero-order valence-corrected chi connectivity index (χ0v) is 15.5. The van der Waals surface area contributed by atoms with Crippen LogP contribution in [0.5, 0.6) is 11.5 Å². The third kappa shape index (κ3) is 6.24. The number of hydrogen-bond donors (Lipinski definition) is 2. The quantitative estimate of drug-likeness (QED) is 0.780. The second kappa shape index (κ2) is 10.7. The van der Waals surface area contributed by atoms with Crippen LogP contribution in [0.4, 0.5) is 0 Å². The molecule has 1 fully saturated rings. The average molecular weight is 377 g/mol. The largest absolute Gasteiger partial charge is 0.485 e. The third-order valence-corrected chi connectivity index (χ3v) is 4.11. The summed E-state index contributed by atoms with van der Waals surface area (Å²) in [5.41, 5.74) is 1.08. The maximum Gasteiger partial charge on any atom is 0.258 e. The maximum atomic E-state index is 12.1. The molecule has 1 atom stereocenters. The van der Waals surface area contributed by atoms with Gasteiger partial charge in [0.05, 0.1) is 0 Å². The van der Waals surface area contributed by atoms with Gasteiger partial charge in [-0.25, -0.2) is 0 Å². The Bertz CT molecular complexity index is 676. The third-order valence-electron chi connectivity index (χ3n) is 4.11. The summed E-state index contributed by atoms with van der Waals surface area (Å²) in [7, 11) is 0. The van der Waals surface area contributed by atoms with Gasteiger partial charge in [0.25, 0.3) is 5.91 Å². The highest BCUT2D eigenvalue weighted by atomic mass is 35.5. The molecule has 1 amide bonds. The summed E-state index contributed by atoms with van der Waals surface area (Å²) in [5, 5.41) is 6.28. The van der Waals surface area contributed by atoms with Crippen molar-refractivity contribution in [2.24, 2.45) is 0 Å². The fraction of sp³-hybridized carbons (Fsp3) is 0.350. The van der Waals surface area contributed by atoms with Gasteiger partial charge in [0, 0.05) is 12.6 Å². The van der Waals surface area contributed by atoms with Crippen LogP contribution in [0, 0.1) is 0 Å². The van der Waals surface area contributed by atoms with Crippen LogP contribution in [0.1, 0.15) is 18.4 Å². The monoisotopic (exact) mass is 376 g/mol. The van der Waals surface area contributed by atoms with Gasteiger partial charge in [0.15, 0.2) is 18.1 Å². The van der Waals surface area contributed by atoms with Gasteiger partial charge in [0.1, 0.15) is 6.61 Å². The zero-order chi connectivity index (χ0) is 17.3. The highest BCUT2D eigenvalue weighted by molar-refractivity contribution is 5.85. The number of halogens is 1. The van der Waals surface area contributed by atoms with E-state index in [2.05, 4.69) is 10.6 Å². The molecule has 3 rings (SSSR count). The Balaban J connectivity index is 0.00000243. The van der Waals surface area contributed by atoms with Gasteiger partial charge in [-0.05, 0) is 37.1 Å². The summed E-state index contributed by atoms with van der Waals surface area (Å²) >= 11 is 0. The van der Waals surface area contributed by atoms with E-state index in [1.807, 2.05) is 54.6 Å². The van der Waals surface area contributed by atoms with Crippen molar-refractivity contribution in [2.75, 3.05) is 19.7 Å². The Kier molecular flexibility index (Phi) is 8.25. The number of benzene rings is 2. The minimum absolute atomic E-state index is 0. The lowest BCUT2D eigenvalue weighted by atomic mass is 10.1. The lowest BCUT2D eigenvalue weighted by Crippen LogP contribution is -2.47. The van der Waals surface area contributed by atoms with Crippen molar-refractivity contribution in [3.8, 4) is 11.5 Å². The molecule has 5 nitrogen and oxygen atoms in total. The smallest absolute Gasteiger partial charge is 0.258 e. The molecular formula is C20H25ClN2O3. The number of hydrogen-bond acceptors (Lipinski definition) is 4. The summed E-state index contributed by atoms with van der Waals surface area (Å²) in [5.74, 6) is 1.11. The van der Waals surface area contributed by atoms with E-state index >= 15 is 0 Å². The van der Waals surface area contributed by atoms with E-state index < -0.39 is 0 Å². The number of carbonyl (C=O) groups excluding carboxylic acids is 1. The summed E-state index contributed by atoms with van der Waals surface area (Å²) in [6.07, 6.45) is 2.09. The minimum Gasteiger partial charge on any atom is -0.485 e. The summed E-state index contributed by atoms with van der Waals surface area (Å²) in [6, 6.07) is 17.6. The van der Waals surface area contributed by atoms with Gasteiger partial charge in [-0.3, -0.25) is 4.79 Å². The van der Waals surface area contributed by atoms with Gasteiger partial charge in [0.2, 0.25) is 0 Å². The molecule has 2 N–H and O–H groups in total. The molecular weight excluding hydrogens is 352 g/mol. The molecule has 1 heterocycles. The highest BCUT2D eigenvalue weighted by Crippen LogP contribution is 2.27. The van der Waals surface area contributed by atoms with E-state index in [0.29, 0.717) is 18.1 Å². The number of piperidine rings is 1. The molecule has 1 aliphatic rings. The van der Waals surface area contributed by atoms with Crippen LogP contribution in [-0.2, 0) is 11.4 Å². The normalized spacial score (nSPS) is 16.2. The van der Waals surface area contributed by atoms with E-state index in [9.17, 15) is 4.79 Å². The van der Waals surface area contributed by atoms with Crippen LogP contribution >= 0.6 is 12.4 Å². The number of ether oxygens (including phenoxy) is 2. The second-order valence-electron chi connectivity index (χ2n) is 6.12. The first-order valence-electron chi connectivity index (χ1n) is 8.70. The molecule has 0 saturated carbocycles. The van der Waals surface area contributed by atoms with Crippen LogP contribution < -0.4 is 20.1 Å². The molecule has 2 aromatic carbocycles. The fourth-order valence-electron chi connectivity index (χ4n) is 2.81. The minimum atomic E-state index is -0.105. The molecule has 140 valence electrons. The Labute approximate surface area is 160 Å². The summed E-state index contributed by atoms with van der Waals surface area (Å²) in [6.45, 7) is 2.29. The van der Waals surface area contributed by atoms with Crippen molar-refractivity contribution in [3.63, 3.8) is 0 Å². The van der Waals surface area contributed by atoms with E-state index in [-0.39, 0.29) is 31.0 Å². The molecule has 0 unspecified atom stereocenters. The first kappa shape index (κ1) is 20.1. The molecule has 2 aromatic rings. The molecule has 0 bridgehead atoms. The molecule has 0 aliphatic carbocycles. The van der Waals surface area contributed by atoms with Crippen LogP contribution in [0.25, 0.3) is 0 Å². The van der Waals surface area contributed by atoms with Crippen molar-refractivity contribution < 1.29 is 14.3 Å². The lowest BCUT2D eigenvalue weighted by molar-refractivity contribution is -0.123. The second-order valence-corrected chi connectivity index (χ2v) is 6.12. The van der Waals surface area contributed by atoms with Gasteiger partial charge in [-0.1, -0.05) is 42.5 Å². The van der Waals surface area contributed by atoms with E-state index in [0.717, 1.165) is 31.5 Å². The molecule has 0 spiro atoms. The van der Waals surface area contributed by atoms with E-state index in [4.69, 9.17) is 9.47 Å². The van der Waals surface area contributed by atoms with Crippen LogP contribution in [0.3, 0.4) is 0 Å².